The van der Waals surface area contributed by atoms with E-state index in [0.29, 0.717) is 0 Å². The smallest absolute Gasteiger partial charge is 0.136 e. The minimum atomic E-state index is -0.236. The number of hydrogen-bond acceptors (Lipinski definition) is 1. The van der Waals surface area contributed by atoms with E-state index >= 15 is 0 Å². The highest BCUT2D eigenvalue weighted by Crippen LogP contribution is 2.56. The van der Waals surface area contributed by atoms with Crippen LogP contribution in [0.1, 0.15) is 49.9 Å². The SMILES string of the molecule is CC1(C)c2cc(-c3cc4c(c5cc6oc7ccccc7c6cc35)C(C)(C)c3ccccc3-4)ccc2-c2ccc(-c3c4ccccc4c(-c4cccc5ccccc45)c4ccccc34)cc21. The van der Waals surface area contributed by atoms with Crippen LogP contribution in [0.25, 0.3) is 121 Å². The lowest BCUT2D eigenvalue weighted by atomic mass is 9.78. The Morgan fingerprint density at radius 2 is 0.846 bits per heavy atom. The highest BCUT2D eigenvalue weighted by Gasteiger charge is 2.39. The molecule has 0 atom stereocenters. The average molecular weight is 829 g/mol. The second kappa shape index (κ2) is 12.9. The van der Waals surface area contributed by atoms with Crippen LogP contribution in [0.2, 0.25) is 0 Å². The van der Waals surface area contributed by atoms with Crippen molar-refractivity contribution in [2.75, 3.05) is 0 Å². The monoisotopic (exact) mass is 828 g/mol. The maximum Gasteiger partial charge on any atom is 0.136 e. The molecule has 0 spiro atoms. The Hall–Kier alpha value is -7.74. The van der Waals surface area contributed by atoms with Crippen LogP contribution in [0.5, 0.6) is 0 Å². The fourth-order valence-corrected chi connectivity index (χ4v) is 12.4. The van der Waals surface area contributed by atoms with E-state index < -0.39 is 0 Å². The van der Waals surface area contributed by atoms with E-state index in [-0.39, 0.29) is 10.8 Å². The lowest BCUT2D eigenvalue weighted by Gasteiger charge is -2.25. The Labute approximate surface area is 378 Å². The maximum absolute atomic E-state index is 6.57. The third kappa shape index (κ3) is 4.93. The van der Waals surface area contributed by atoms with Gasteiger partial charge in [0.15, 0.2) is 0 Å². The van der Waals surface area contributed by atoms with Gasteiger partial charge in [0.1, 0.15) is 11.2 Å². The molecule has 0 aliphatic heterocycles. The summed E-state index contributed by atoms with van der Waals surface area (Å²) in [5, 5.41) is 12.5. The normalized spacial score (nSPS) is 14.4. The van der Waals surface area contributed by atoms with E-state index in [1.165, 1.54) is 121 Å². The summed E-state index contributed by atoms with van der Waals surface area (Å²) >= 11 is 0. The molecule has 0 unspecified atom stereocenters. The molecule has 1 aromatic heterocycles. The number of para-hydroxylation sites is 1. The van der Waals surface area contributed by atoms with Crippen LogP contribution >= 0.6 is 0 Å². The molecule has 0 saturated heterocycles. The number of furan rings is 1. The third-order valence-electron chi connectivity index (χ3n) is 15.4. The van der Waals surface area contributed by atoms with Gasteiger partial charge < -0.3 is 4.42 Å². The molecule has 14 rings (SSSR count). The van der Waals surface area contributed by atoms with Crippen molar-refractivity contribution < 1.29 is 4.42 Å². The molecule has 11 aromatic carbocycles. The summed E-state index contributed by atoms with van der Waals surface area (Å²) in [5.74, 6) is 0. The Bertz CT molecular complexity index is 4000. The molecule has 0 bridgehead atoms. The van der Waals surface area contributed by atoms with E-state index in [1.807, 2.05) is 0 Å². The fraction of sp³-hybridized carbons (Fsp3) is 0.0938. The second-order valence-corrected chi connectivity index (χ2v) is 19.5. The Morgan fingerprint density at radius 1 is 0.292 bits per heavy atom. The number of hydrogen-bond donors (Lipinski definition) is 0. The summed E-state index contributed by atoms with van der Waals surface area (Å²) < 4.78 is 6.57. The minimum Gasteiger partial charge on any atom is -0.456 e. The van der Waals surface area contributed by atoms with Gasteiger partial charge in [-0.05, 0) is 157 Å². The van der Waals surface area contributed by atoms with Gasteiger partial charge in [-0.15, -0.1) is 0 Å². The fourth-order valence-electron chi connectivity index (χ4n) is 12.4. The van der Waals surface area contributed by atoms with E-state index in [9.17, 15) is 0 Å². The van der Waals surface area contributed by atoms with E-state index in [2.05, 4.69) is 222 Å². The maximum atomic E-state index is 6.57. The van der Waals surface area contributed by atoms with Crippen LogP contribution in [0, 0.1) is 0 Å². The molecule has 0 fully saturated rings. The zero-order valence-corrected chi connectivity index (χ0v) is 36.9. The topological polar surface area (TPSA) is 13.1 Å². The zero-order chi connectivity index (χ0) is 43.3. The van der Waals surface area contributed by atoms with Crippen molar-refractivity contribution in [3.63, 3.8) is 0 Å². The van der Waals surface area contributed by atoms with Gasteiger partial charge in [0.05, 0.1) is 0 Å². The summed E-state index contributed by atoms with van der Waals surface area (Å²) in [6.45, 7) is 9.61. The molecule has 1 nitrogen and oxygen atoms in total. The number of fused-ring (bicyclic) bond motifs is 14. The van der Waals surface area contributed by atoms with Gasteiger partial charge in [-0.25, -0.2) is 0 Å². The third-order valence-corrected chi connectivity index (χ3v) is 15.4. The van der Waals surface area contributed by atoms with Crippen LogP contribution in [-0.2, 0) is 10.8 Å². The molecule has 1 heteroatoms. The predicted molar refractivity (Wildman–Crippen MR) is 275 cm³/mol. The Kier molecular flexibility index (Phi) is 7.30. The number of rotatable bonds is 3. The summed E-state index contributed by atoms with van der Waals surface area (Å²) in [6, 6.07) is 72.8. The van der Waals surface area contributed by atoms with E-state index in [1.54, 1.807) is 0 Å². The Balaban J connectivity index is 0.962. The second-order valence-electron chi connectivity index (χ2n) is 19.5. The molecule has 0 N–H and O–H groups in total. The lowest BCUT2D eigenvalue weighted by Crippen LogP contribution is -2.15. The number of benzene rings is 11. The van der Waals surface area contributed by atoms with Gasteiger partial charge in [0, 0.05) is 21.6 Å². The lowest BCUT2D eigenvalue weighted by molar-refractivity contribution is 0.661. The highest BCUT2D eigenvalue weighted by atomic mass is 16.3. The Morgan fingerprint density at radius 3 is 1.58 bits per heavy atom. The first kappa shape index (κ1) is 36.7. The first-order valence-corrected chi connectivity index (χ1v) is 23.0. The first-order chi connectivity index (χ1) is 31.8. The summed E-state index contributed by atoms with van der Waals surface area (Å²) in [4.78, 5) is 0. The molecule has 12 aromatic rings. The zero-order valence-electron chi connectivity index (χ0n) is 36.9. The quantitative estimate of drug-likeness (QED) is 0.162. The molecule has 0 saturated carbocycles. The van der Waals surface area contributed by atoms with Gasteiger partial charge in [-0.1, -0.05) is 185 Å². The van der Waals surface area contributed by atoms with E-state index in [0.717, 1.165) is 21.9 Å². The first-order valence-electron chi connectivity index (χ1n) is 23.0. The van der Waals surface area contributed by atoms with Crippen molar-refractivity contribution in [3.05, 3.63) is 216 Å². The van der Waals surface area contributed by atoms with Crippen molar-refractivity contribution in [2.24, 2.45) is 0 Å². The van der Waals surface area contributed by atoms with Crippen molar-refractivity contribution in [2.45, 2.75) is 38.5 Å². The molecular formula is C64H44O. The van der Waals surface area contributed by atoms with Gasteiger partial charge in [0.2, 0.25) is 0 Å². The minimum absolute atomic E-state index is 0.158. The molecule has 0 radical (unpaired) electrons. The van der Waals surface area contributed by atoms with Crippen LogP contribution in [-0.4, -0.2) is 0 Å². The molecule has 306 valence electrons. The van der Waals surface area contributed by atoms with Gasteiger partial charge in [-0.2, -0.15) is 0 Å². The standard InChI is InChI=1S/C64H44O/c1-63(2)56-32-38(50-34-53-41-19-11-13-26-55(41)64(3,4)62(53)54-36-59-52(35-51(50)54)44-20-12-14-27-58(44)65-59)28-30-42(56)43-31-29-39(33-57(43)63)60-46-21-7-9-23-48(46)61(49-24-10-8-22-47(49)60)45-25-15-17-37-16-5-6-18-40(37)45/h5-36H,1-4H3. The van der Waals surface area contributed by atoms with Crippen molar-refractivity contribution >= 4 is 65.0 Å². The molecule has 1 heterocycles. The van der Waals surface area contributed by atoms with Gasteiger partial charge >= 0.3 is 0 Å². The summed E-state index contributed by atoms with van der Waals surface area (Å²) in [5.41, 5.74) is 19.9. The predicted octanol–water partition coefficient (Wildman–Crippen LogP) is 17.8. The van der Waals surface area contributed by atoms with Crippen molar-refractivity contribution in [1.29, 1.82) is 0 Å². The van der Waals surface area contributed by atoms with Crippen LogP contribution in [0.3, 0.4) is 0 Å². The van der Waals surface area contributed by atoms with Crippen LogP contribution < -0.4 is 0 Å². The summed E-state index contributed by atoms with van der Waals surface area (Å²) in [6.07, 6.45) is 0. The van der Waals surface area contributed by atoms with Crippen molar-refractivity contribution in [1.82, 2.24) is 0 Å². The largest absolute Gasteiger partial charge is 0.456 e. The highest BCUT2D eigenvalue weighted by molar-refractivity contribution is 6.24. The molecular weight excluding hydrogens is 785 g/mol. The molecule has 0 amide bonds. The van der Waals surface area contributed by atoms with Gasteiger partial charge in [-0.3, -0.25) is 0 Å². The van der Waals surface area contributed by atoms with Gasteiger partial charge in [0.25, 0.3) is 0 Å². The molecule has 65 heavy (non-hydrogen) atoms. The van der Waals surface area contributed by atoms with E-state index in [4.69, 9.17) is 4.42 Å². The molecule has 2 aliphatic carbocycles. The summed E-state index contributed by atoms with van der Waals surface area (Å²) in [7, 11) is 0. The van der Waals surface area contributed by atoms with Crippen LogP contribution in [0.4, 0.5) is 0 Å². The molecule has 2 aliphatic rings. The van der Waals surface area contributed by atoms with Crippen LogP contribution in [0.15, 0.2) is 199 Å². The average Bonchev–Trinajstić information content (AvgIpc) is 3.90. The van der Waals surface area contributed by atoms with Crippen molar-refractivity contribution in [3.8, 4) is 55.6 Å².